The summed E-state index contributed by atoms with van der Waals surface area (Å²) in [5.74, 6) is -0.695. The van der Waals surface area contributed by atoms with E-state index in [1.54, 1.807) is 0 Å². The molecule has 2 unspecified atom stereocenters. The Balaban J connectivity index is 5.19. The van der Waals surface area contributed by atoms with Crippen molar-refractivity contribution in [2.24, 2.45) is 11.8 Å². The maximum absolute atomic E-state index is 12.9. The number of aliphatic hydroxyl groups is 1. The molecular weight excluding hydrogens is 1020 g/mol. The number of esters is 4. The summed E-state index contributed by atoms with van der Waals surface area (Å²) in [6, 6.07) is 0. The third-order valence-corrected chi connectivity index (χ3v) is 14.9. The highest BCUT2D eigenvalue weighted by Crippen LogP contribution is 2.45. The van der Waals surface area contributed by atoms with Gasteiger partial charge in [0.2, 0.25) is 0 Å². The number of phosphoric ester groups is 2. The molecule has 0 spiro atoms. The van der Waals surface area contributed by atoms with Crippen LogP contribution in [0.4, 0.5) is 0 Å². The lowest BCUT2D eigenvalue weighted by atomic mass is 10.0. The van der Waals surface area contributed by atoms with Gasteiger partial charge in [0.1, 0.15) is 19.3 Å². The predicted molar refractivity (Wildman–Crippen MR) is 298 cm³/mol. The zero-order chi connectivity index (χ0) is 56.6. The summed E-state index contributed by atoms with van der Waals surface area (Å²) in [6.07, 6.45) is 29.8. The minimum atomic E-state index is -4.94. The number of ether oxygens (including phenoxy) is 4. The molecule has 0 saturated heterocycles. The van der Waals surface area contributed by atoms with Gasteiger partial charge < -0.3 is 33.8 Å². The van der Waals surface area contributed by atoms with E-state index >= 15 is 0 Å². The van der Waals surface area contributed by atoms with Gasteiger partial charge in [0.05, 0.1) is 26.4 Å². The molecule has 0 saturated carbocycles. The van der Waals surface area contributed by atoms with Crippen LogP contribution in [0.1, 0.15) is 273 Å². The third kappa shape index (κ3) is 51.5. The average molecular weight is 1130 g/mol. The van der Waals surface area contributed by atoms with E-state index in [0.29, 0.717) is 25.7 Å². The molecule has 450 valence electrons. The second-order valence-corrected chi connectivity index (χ2v) is 24.5. The number of aliphatic hydroxyl groups excluding tert-OH is 1. The number of carbonyl (C=O) groups is 4. The van der Waals surface area contributed by atoms with Crippen LogP contribution in [0.15, 0.2) is 0 Å². The highest BCUT2D eigenvalue weighted by molar-refractivity contribution is 7.47. The second-order valence-electron chi connectivity index (χ2n) is 21.6. The fourth-order valence-corrected chi connectivity index (χ4v) is 9.87. The first-order valence-corrected chi connectivity index (χ1v) is 33.0. The summed E-state index contributed by atoms with van der Waals surface area (Å²) >= 11 is 0. The number of hydrogen-bond donors (Lipinski definition) is 3. The van der Waals surface area contributed by atoms with Gasteiger partial charge >= 0.3 is 39.5 Å². The highest BCUT2D eigenvalue weighted by atomic mass is 31.2. The summed E-state index contributed by atoms with van der Waals surface area (Å²) in [5.41, 5.74) is 0. The standard InChI is InChI=1S/C57H110O17P2/c1-7-9-11-13-14-22-29-35-41-56(61)73-52(45-67-54(59)39-33-25-12-10-8-2)47-71-75(63,64)69-43-51(58)44-70-76(65,66)72-48-53(46-68-55(60)40-34-28-23-19-18-21-27-32-38-50(5)6)74-57(62)42-36-30-24-17-15-16-20-26-31-37-49(3)4/h49-53,58H,7-48H2,1-6H3,(H,63,64)(H,65,66)/t51-,52+,53+/m0/s1. The summed E-state index contributed by atoms with van der Waals surface area (Å²) in [5, 5.41) is 10.5. The van der Waals surface area contributed by atoms with Crippen LogP contribution in [0, 0.1) is 11.8 Å². The number of unbranched alkanes of at least 4 members (excludes halogenated alkanes) is 26. The normalized spacial score (nSPS) is 14.5. The molecule has 0 aliphatic carbocycles. The first kappa shape index (κ1) is 74.1. The van der Waals surface area contributed by atoms with Gasteiger partial charge in [-0.3, -0.25) is 37.3 Å². The zero-order valence-electron chi connectivity index (χ0n) is 48.5. The molecule has 19 heteroatoms. The molecule has 76 heavy (non-hydrogen) atoms. The van der Waals surface area contributed by atoms with Gasteiger partial charge in [0.25, 0.3) is 0 Å². The fourth-order valence-electron chi connectivity index (χ4n) is 8.29. The zero-order valence-corrected chi connectivity index (χ0v) is 50.3. The number of phosphoric acid groups is 2. The molecule has 0 bridgehead atoms. The Hall–Kier alpha value is -1.94. The van der Waals surface area contributed by atoms with Crippen molar-refractivity contribution >= 4 is 39.5 Å². The maximum atomic E-state index is 12.9. The van der Waals surface area contributed by atoms with Crippen molar-refractivity contribution in [1.29, 1.82) is 0 Å². The van der Waals surface area contributed by atoms with Crippen molar-refractivity contribution < 1.29 is 80.2 Å². The van der Waals surface area contributed by atoms with Crippen LogP contribution in [-0.2, 0) is 65.4 Å². The minimum absolute atomic E-state index is 0.103. The summed E-state index contributed by atoms with van der Waals surface area (Å²) in [7, 11) is -9.86. The Kier molecular flexibility index (Phi) is 48.8. The summed E-state index contributed by atoms with van der Waals surface area (Å²) < 4.78 is 67.4. The highest BCUT2D eigenvalue weighted by Gasteiger charge is 2.30. The van der Waals surface area contributed by atoms with E-state index in [1.807, 2.05) is 0 Å². The van der Waals surface area contributed by atoms with E-state index in [0.717, 1.165) is 115 Å². The molecule has 0 radical (unpaired) electrons. The number of carbonyl (C=O) groups excluding carboxylic acids is 4. The van der Waals surface area contributed by atoms with Crippen molar-refractivity contribution in [2.45, 2.75) is 291 Å². The van der Waals surface area contributed by atoms with Gasteiger partial charge in [0.15, 0.2) is 12.2 Å². The summed E-state index contributed by atoms with van der Waals surface area (Å²) in [4.78, 5) is 71.5. The van der Waals surface area contributed by atoms with Crippen LogP contribution >= 0.6 is 15.6 Å². The SMILES string of the molecule is CCCCCCCCCCC(=O)O[C@H](COC(=O)CCCCCCC)COP(=O)(O)OC[C@H](O)COP(=O)(O)OC[C@@H](COC(=O)CCCCCCCCCCC(C)C)OC(=O)CCCCCCCCCCCC(C)C. The first-order chi connectivity index (χ1) is 36.4. The van der Waals surface area contributed by atoms with Crippen LogP contribution in [0.3, 0.4) is 0 Å². The van der Waals surface area contributed by atoms with Crippen molar-refractivity contribution in [3.63, 3.8) is 0 Å². The largest absolute Gasteiger partial charge is 0.472 e. The lowest BCUT2D eigenvalue weighted by Crippen LogP contribution is -2.30. The molecule has 0 aromatic carbocycles. The van der Waals surface area contributed by atoms with Gasteiger partial charge in [0, 0.05) is 25.7 Å². The molecule has 5 atom stereocenters. The minimum Gasteiger partial charge on any atom is -0.462 e. The van der Waals surface area contributed by atoms with Crippen LogP contribution < -0.4 is 0 Å². The van der Waals surface area contributed by atoms with Crippen LogP contribution in [0.5, 0.6) is 0 Å². The van der Waals surface area contributed by atoms with Crippen LogP contribution in [-0.4, -0.2) is 96.7 Å². The molecule has 0 rings (SSSR count). The molecular formula is C57H110O17P2. The van der Waals surface area contributed by atoms with Gasteiger partial charge in [-0.15, -0.1) is 0 Å². The Labute approximate surface area is 460 Å². The predicted octanol–water partition coefficient (Wildman–Crippen LogP) is 14.9. The second kappa shape index (κ2) is 50.1. The Morgan fingerprint density at radius 2 is 0.605 bits per heavy atom. The summed E-state index contributed by atoms with van der Waals surface area (Å²) in [6.45, 7) is 9.26. The molecule has 0 aromatic heterocycles. The van der Waals surface area contributed by atoms with E-state index in [4.69, 9.17) is 37.0 Å². The smallest absolute Gasteiger partial charge is 0.462 e. The molecule has 3 N–H and O–H groups in total. The van der Waals surface area contributed by atoms with Gasteiger partial charge in [-0.1, -0.05) is 221 Å². The van der Waals surface area contributed by atoms with Crippen molar-refractivity contribution in [2.75, 3.05) is 39.6 Å². The van der Waals surface area contributed by atoms with Crippen molar-refractivity contribution in [3.05, 3.63) is 0 Å². The van der Waals surface area contributed by atoms with Crippen molar-refractivity contribution in [1.82, 2.24) is 0 Å². The lowest BCUT2D eigenvalue weighted by Gasteiger charge is -2.21. The Morgan fingerprint density at radius 3 is 0.895 bits per heavy atom. The van der Waals surface area contributed by atoms with Crippen LogP contribution in [0.25, 0.3) is 0 Å². The number of hydrogen-bond acceptors (Lipinski definition) is 15. The van der Waals surface area contributed by atoms with Crippen molar-refractivity contribution in [3.8, 4) is 0 Å². The van der Waals surface area contributed by atoms with Gasteiger partial charge in [-0.25, -0.2) is 9.13 Å². The van der Waals surface area contributed by atoms with E-state index in [-0.39, 0.29) is 25.7 Å². The van der Waals surface area contributed by atoms with E-state index in [2.05, 4.69) is 41.5 Å². The molecule has 0 aromatic rings. The Bertz CT molecular complexity index is 1510. The third-order valence-electron chi connectivity index (χ3n) is 13.0. The maximum Gasteiger partial charge on any atom is 0.472 e. The molecule has 0 amide bonds. The lowest BCUT2D eigenvalue weighted by molar-refractivity contribution is -0.161. The molecule has 0 fully saturated rings. The van der Waals surface area contributed by atoms with Crippen LogP contribution in [0.2, 0.25) is 0 Å². The molecule has 0 aliphatic heterocycles. The van der Waals surface area contributed by atoms with E-state index in [9.17, 15) is 43.2 Å². The topological polar surface area (TPSA) is 237 Å². The molecule has 17 nitrogen and oxygen atoms in total. The first-order valence-electron chi connectivity index (χ1n) is 30.0. The monoisotopic (exact) mass is 1130 g/mol. The number of rotatable bonds is 56. The average Bonchev–Trinajstić information content (AvgIpc) is 3.37. The van der Waals surface area contributed by atoms with E-state index < -0.39 is 97.5 Å². The molecule has 0 heterocycles. The van der Waals surface area contributed by atoms with Gasteiger partial charge in [-0.05, 0) is 37.5 Å². The van der Waals surface area contributed by atoms with E-state index in [1.165, 1.54) is 77.0 Å². The Morgan fingerprint density at radius 1 is 0.355 bits per heavy atom. The van der Waals surface area contributed by atoms with Gasteiger partial charge in [-0.2, -0.15) is 0 Å². The fraction of sp³-hybridized carbons (Fsp3) is 0.930. The molecule has 0 aliphatic rings. The quantitative estimate of drug-likeness (QED) is 0.0222.